The van der Waals surface area contributed by atoms with E-state index < -0.39 is 0 Å². The zero-order valence-electron chi connectivity index (χ0n) is 16.5. The van der Waals surface area contributed by atoms with Crippen molar-refractivity contribution in [2.75, 3.05) is 0 Å². The normalized spacial score (nSPS) is 32.4. The molecule has 146 valence electrons. The number of hydrogen-bond donors (Lipinski definition) is 0. The summed E-state index contributed by atoms with van der Waals surface area (Å²) in [4.78, 5) is 16.7. The molecule has 0 N–H and O–H groups in total. The monoisotopic (exact) mass is 379 g/mol. The molecule has 0 amide bonds. The minimum absolute atomic E-state index is 0.0131. The predicted octanol–water partition coefficient (Wildman–Crippen LogP) is 5.37. The highest BCUT2D eigenvalue weighted by Gasteiger charge is 2.51. The van der Waals surface area contributed by atoms with Gasteiger partial charge in [-0.25, -0.2) is 4.39 Å². The van der Waals surface area contributed by atoms with Crippen LogP contribution in [0.1, 0.15) is 32.9 Å². The third-order valence-electron chi connectivity index (χ3n) is 6.62. The average Bonchev–Trinajstić information content (AvgIpc) is 2.96. The summed E-state index contributed by atoms with van der Waals surface area (Å²) in [6, 6.07) is 10.4. The van der Waals surface area contributed by atoms with E-state index in [-0.39, 0.29) is 29.7 Å². The van der Waals surface area contributed by atoms with Gasteiger partial charge >= 0.3 is 5.97 Å². The van der Waals surface area contributed by atoms with E-state index in [2.05, 4.69) is 24.9 Å². The molecule has 0 bridgehead atoms. The number of carbonyl (C=O) groups excluding carboxylic acids is 1. The van der Waals surface area contributed by atoms with Crippen LogP contribution in [0.15, 0.2) is 48.7 Å². The highest BCUT2D eigenvalue weighted by atomic mass is 19.1. The minimum Gasteiger partial charge on any atom is -0.462 e. The first-order chi connectivity index (χ1) is 13.4. The van der Waals surface area contributed by atoms with E-state index in [1.165, 1.54) is 12.1 Å². The molecular weight excluding hydrogens is 353 g/mol. The maximum atomic E-state index is 13.4. The van der Waals surface area contributed by atoms with E-state index in [9.17, 15) is 9.18 Å². The Hall–Kier alpha value is -2.49. The Labute approximate surface area is 165 Å². The molecule has 1 unspecified atom stereocenters. The van der Waals surface area contributed by atoms with E-state index in [0.29, 0.717) is 17.8 Å². The third kappa shape index (κ3) is 3.48. The molecule has 1 saturated carbocycles. The molecule has 4 rings (SSSR count). The summed E-state index contributed by atoms with van der Waals surface area (Å²) in [7, 11) is 0. The van der Waals surface area contributed by atoms with Crippen molar-refractivity contribution in [1.29, 1.82) is 0 Å². The van der Waals surface area contributed by atoms with Crippen molar-refractivity contribution in [3.05, 3.63) is 60.2 Å². The van der Waals surface area contributed by atoms with Crippen molar-refractivity contribution >= 4 is 12.0 Å². The van der Waals surface area contributed by atoms with Gasteiger partial charge < -0.3 is 4.74 Å². The number of nitrogens with zero attached hydrogens (tertiary/aromatic N) is 1. The molecule has 6 atom stereocenters. The molecule has 1 saturated heterocycles. The highest BCUT2D eigenvalue weighted by Crippen LogP contribution is 2.48. The zero-order chi connectivity index (χ0) is 19.8. The number of fused-ring (bicyclic) bond motifs is 1. The molecule has 2 heterocycles. The van der Waals surface area contributed by atoms with Crippen LogP contribution in [0.2, 0.25) is 0 Å². The van der Waals surface area contributed by atoms with Crippen LogP contribution in [0.5, 0.6) is 0 Å². The summed E-state index contributed by atoms with van der Waals surface area (Å²) in [6.07, 6.45) is 6.90. The Bertz CT molecular complexity index is 892. The van der Waals surface area contributed by atoms with Crippen LogP contribution in [0.25, 0.3) is 17.2 Å². The van der Waals surface area contributed by atoms with E-state index in [4.69, 9.17) is 4.74 Å². The third-order valence-corrected chi connectivity index (χ3v) is 6.62. The van der Waals surface area contributed by atoms with Gasteiger partial charge in [0, 0.05) is 17.7 Å². The number of carbonyl (C=O) groups is 1. The second-order valence-corrected chi connectivity index (χ2v) is 8.32. The van der Waals surface area contributed by atoms with Crippen LogP contribution in [0, 0.1) is 35.4 Å². The molecular formula is C24H26FNO2. The van der Waals surface area contributed by atoms with E-state index in [0.717, 1.165) is 23.2 Å². The van der Waals surface area contributed by atoms with Gasteiger partial charge in [0.15, 0.2) is 0 Å². The fourth-order valence-electron chi connectivity index (χ4n) is 4.87. The summed E-state index contributed by atoms with van der Waals surface area (Å²) < 4.78 is 19.0. The number of pyridine rings is 1. The van der Waals surface area contributed by atoms with Crippen LogP contribution in [-0.2, 0) is 9.53 Å². The molecule has 1 aliphatic carbocycles. The van der Waals surface area contributed by atoms with Crippen LogP contribution in [0.3, 0.4) is 0 Å². The molecule has 2 aromatic rings. The number of esters is 1. The first-order valence-electron chi connectivity index (χ1n) is 10.0. The van der Waals surface area contributed by atoms with Crippen molar-refractivity contribution in [2.45, 2.75) is 33.3 Å². The van der Waals surface area contributed by atoms with Gasteiger partial charge in [-0.1, -0.05) is 38.1 Å². The van der Waals surface area contributed by atoms with Crippen molar-refractivity contribution in [3.8, 4) is 11.1 Å². The Morgan fingerprint density at radius 1 is 1.14 bits per heavy atom. The fraction of sp³-hybridized carbons (Fsp3) is 0.417. The molecule has 3 nitrogen and oxygen atoms in total. The number of rotatable bonds is 3. The van der Waals surface area contributed by atoms with Crippen molar-refractivity contribution in [2.24, 2.45) is 29.6 Å². The molecule has 0 radical (unpaired) electrons. The second kappa shape index (κ2) is 7.50. The van der Waals surface area contributed by atoms with Crippen molar-refractivity contribution in [3.63, 3.8) is 0 Å². The fourth-order valence-corrected chi connectivity index (χ4v) is 4.87. The van der Waals surface area contributed by atoms with E-state index >= 15 is 0 Å². The van der Waals surface area contributed by atoms with Crippen LogP contribution < -0.4 is 0 Å². The number of ether oxygens (including phenoxy) is 1. The first-order valence-corrected chi connectivity index (χ1v) is 10.0. The maximum Gasteiger partial charge on any atom is 0.309 e. The molecule has 28 heavy (non-hydrogen) atoms. The summed E-state index contributed by atoms with van der Waals surface area (Å²) in [5, 5.41) is 0. The average molecular weight is 379 g/mol. The predicted molar refractivity (Wildman–Crippen MR) is 108 cm³/mol. The Morgan fingerprint density at radius 2 is 1.96 bits per heavy atom. The van der Waals surface area contributed by atoms with Gasteiger partial charge in [-0.3, -0.25) is 9.78 Å². The topological polar surface area (TPSA) is 39.2 Å². The summed E-state index contributed by atoms with van der Waals surface area (Å²) in [6.45, 7) is 6.51. The van der Waals surface area contributed by atoms with Crippen molar-refractivity contribution in [1.82, 2.24) is 4.98 Å². The van der Waals surface area contributed by atoms with Gasteiger partial charge in [0.05, 0.1) is 11.6 Å². The lowest BCUT2D eigenvalue weighted by atomic mass is 9.62. The quantitative estimate of drug-likeness (QED) is 0.673. The van der Waals surface area contributed by atoms with Crippen LogP contribution in [0.4, 0.5) is 4.39 Å². The van der Waals surface area contributed by atoms with Gasteiger partial charge in [-0.2, -0.15) is 0 Å². The second-order valence-electron chi connectivity index (χ2n) is 8.32. The van der Waals surface area contributed by atoms with Gasteiger partial charge in [0.2, 0.25) is 0 Å². The summed E-state index contributed by atoms with van der Waals surface area (Å²) in [5.74, 6) is 1.23. The van der Waals surface area contributed by atoms with Crippen LogP contribution in [-0.4, -0.2) is 17.1 Å². The van der Waals surface area contributed by atoms with Gasteiger partial charge in [-0.15, -0.1) is 0 Å². The maximum absolute atomic E-state index is 13.4. The molecule has 1 aromatic heterocycles. The lowest BCUT2D eigenvalue weighted by Crippen LogP contribution is -2.39. The molecule has 1 aliphatic heterocycles. The van der Waals surface area contributed by atoms with E-state index in [1.807, 2.05) is 31.2 Å². The number of cyclic esters (lactones) is 1. The lowest BCUT2D eigenvalue weighted by molar-refractivity contribution is -0.144. The standard InChI is InChI=1S/C24H26FNO2/c1-14-11-22-23(16(3)28-24(22)27)21(15(14)2)10-9-20-8-7-18(13-26-20)17-5-4-6-19(25)12-17/h4-10,12-16,21-23H,11H2,1-3H3/t14-,15+,16+,21?,22+,23-/m0/s1. The van der Waals surface area contributed by atoms with Crippen molar-refractivity contribution < 1.29 is 13.9 Å². The Balaban J connectivity index is 1.55. The summed E-state index contributed by atoms with van der Waals surface area (Å²) >= 11 is 0. The number of aromatic nitrogens is 1. The van der Waals surface area contributed by atoms with E-state index in [1.54, 1.807) is 12.3 Å². The molecule has 2 aliphatic rings. The molecule has 0 spiro atoms. The zero-order valence-corrected chi connectivity index (χ0v) is 16.5. The lowest BCUT2D eigenvalue weighted by Gasteiger charge is -2.40. The minimum atomic E-state index is -0.251. The van der Waals surface area contributed by atoms with Gasteiger partial charge in [-0.05, 0) is 60.9 Å². The highest BCUT2D eigenvalue weighted by molar-refractivity contribution is 5.75. The molecule has 2 fully saturated rings. The summed E-state index contributed by atoms with van der Waals surface area (Å²) in [5.41, 5.74) is 2.57. The first kappa shape index (κ1) is 18.9. The number of benzene rings is 1. The largest absolute Gasteiger partial charge is 0.462 e. The number of hydrogen-bond acceptors (Lipinski definition) is 3. The Morgan fingerprint density at radius 3 is 2.68 bits per heavy atom. The SMILES string of the molecule is C[C@H]1C[C@H]2C(=O)O[C@H](C)[C@H]2C(C=Cc2ccc(-c3cccc(F)c3)cn2)[C@@H]1C. The number of allylic oxidation sites excluding steroid dienone is 1. The van der Waals surface area contributed by atoms with Gasteiger partial charge in [0.1, 0.15) is 11.9 Å². The Kier molecular flexibility index (Phi) is 5.05. The molecule has 1 aromatic carbocycles. The van der Waals surface area contributed by atoms with Gasteiger partial charge in [0.25, 0.3) is 0 Å². The number of halogens is 1. The molecule has 4 heteroatoms. The van der Waals surface area contributed by atoms with Crippen LogP contribution >= 0.6 is 0 Å². The smallest absolute Gasteiger partial charge is 0.309 e.